The van der Waals surface area contributed by atoms with Crippen molar-refractivity contribution in [2.24, 2.45) is 0 Å². The molecule has 1 atom stereocenters. The Bertz CT molecular complexity index is 561. The third-order valence-corrected chi connectivity index (χ3v) is 8.83. The van der Waals surface area contributed by atoms with Gasteiger partial charge in [0.1, 0.15) is 6.10 Å². The smallest absolute Gasteiger partial charge is 0.306 e. The number of carbonyl (C=O) groups excluding carboxylic acids is 1. The maximum absolute atomic E-state index is 12.6. The van der Waals surface area contributed by atoms with Gasteiger partial charge in [0.25, 0.3) is 0 Å². The number of ether oxygens (including phenoxy) is 1. The molecule has 0 rings (SSSR count). The van der Waals surface area contributed by atoms with Gasteiger partial charge in [-0.3, -0.25) is 9.59 Å². The normalized spacial score (nSPS) is 12.0. The second kappa shape index (κ2) is 34.4. The highest BCUT2D eigenvalue weighted by molar-refractivity contribution is 5.69. The van der Waals surface area contributed by atoms with Crippen LogP contribution in [0.5, 0.6) is 0 Å². The van der Waals surface area contributed by atoms with Gasteiger partial charge in [-0.15, -0.1) is 0 Å². The van der Waals surface area contributed by atoms with Crippen molar-refractivity contribution >= 4 is 11.9 Å². The molecule has 0 aromatic carbocycles. The van der Waals surface area contributed by atoms with Gasteiger partial charge in [-0.05, 0) is 38.5 Å². The standard InChI is InChI=1S/C38H74O4/c1-3-5-7-9-11-13-15-16-18-19-21-24-28-32-36(33-29-25-23-26-30-34-37(39)40)42-38(41)35-31-27-22-20-17-14-12-10-8-6-4-2/h36H,3-35H2,1-2H3,(H,39,40). The molecule has 0 saturated carbocycles. The fraction of sp³-hybridized carbons (Fsp3) is 0.947. The Labute approximate surface area is 262 Å². The van der Waals surface area contributed by atoms with Crippen LogP contribution >= 0.6 is 0 Å². The summed E-state index contributed by atoms with van der Waals surface area (Å²) in [5.74, 6) is -0.690. The third kappa shape index (κ3) is 33.4. The number of hydrogen-bond acceptors (Lipinski definition) is 3. The van der Waals surface area contributed by atoms with Gasteiger partial charge in [0.2, 0.25) is 0 Å². The van der Waals surface area contributed by atoms with Crippen LogP contribution in [-0.2, 0) is 14.3 Å². The molecule has 4 nitrogen and oxygen atoms in total. The van der Waals surface area contributed by atoms with E-state index >= 15 is 0 Å². The summed E-state index contributed by atoms with van der Waals surface area (Å²) in [6, 6.07) is 0. The molecule has 0 saturated heterocycles. The molecule has 0 aliphatic heterocycles. The molecular formula is C38H74O4. The highest BCUT2D eigenvalue weighted by atomic mass is 16.5. The molecule has 0 aliphatic rings. The largest absolute Gasteiger partial charge is 0.481 e. The molecule has 0 bridgehead atoms. The van der Waals surface area contributed by atoms with Crippen LogP contribution in [0.2, 0.25) is 0 Å². The van der Waals surface area contributed by atoms with E-state index in [0.29, 0.717) is 6.42 Å². The number of hydrogen-bond donors (Lipinski definition) is 1. The number of carboxylic acid groups (broad SMARTS) is 1. The Morgan fingerprint density at radius 2 is 0.714 bits per heavy atom. The third-order valence-electron chi connectivity index (χ3n) is 8.83. The van der Waals surface area contributed by atoms with Gasteiger partial charge in [-0.25, -0.2) is 0 Å². The predicted molar refractivity (Wildman–Crippen MR) is 181 cm³/mol. The highest BCUT2D eigenvalue weighted by Crippen LogP contribution is 2.19. The summed E-state index contributed by atoms with van der Waals surface area (Å²) < 4.78 is 5.99. The Morgan fingerprint density at radius 3 is 1.05 bits per heavy atom. The SMILES string of the molecule is CCCCCCCCCCCCCCCC(CCCCCCCC(=O)O)OC(=O)CCCCCCCCCCCCC. The van der Waals surface area contributed by atoms with Crippen molar-refractivity contribution in [3.05, 3.63) is 0 Å². The van der Waals surface area contributed by atoms with E-state index in [0.717, 1.165) is 64.2 Å². The van der Waals surface area contributed by atoms with Crippen molar-refractivity contribution in [2.45, 2.75) is 232 Å². The first-order chi connectivity index (χ1) is 20.6. The lowest BCUT2D eigenvalue weighted by Crippen LogP contribution is -2.18. The number of carbonyl (C=O) groups is 2. The summed E-state index contributed by atoms with van der Waals surface area (Å²) in [6.07, 6.45) is 39.7. The molecular weight excluding hydrogens is 520 g/mol. The van der Waals surface area contributed by atoms with E-state index < -0.39 is 5.97 Å². The summed E-state index contributed by atoms with van der Waals surface area (Å²) in [6.45, 7) is 4.55. The van der Waals surface area contributed by atoms with Crippen molar-refractivity contribution in [3.63, 3.8) is 0 Å². The first-order valence-corrected chi connectivity index (χ1v) is 19.0. The highest BCUT2D eigenvalue weighted by Gasteiger charge is 2.14. The summed E-state index contributed by atoms with van der Waals surface area (Å²) in [4.78, 5) is 23.3. The Hall–Kier alpha value is -1.06. The summed E-state index contributed by atoms with van der Waals surface area (Å²) in [5, 5.41) is 8.80. The number of esters is 1. The van der Waals surface area contributed by atoms with E-state index in [1.807, 2.05) is 0 Å². The van der Waals surface area contributed by atoms with Crippen molar-refractivity contribution in [3.8, 4) is 0 Å². The van der Waals surface area contributed by atoms with Crippen LogP contribution < -0.4 is 0 Å². The van der Waals surface area contributed by atoms with E-state index in [2.05, 4.69) is 13.8 Å². The topological polar surface area (TPSA) is 63.6 Å². The minimum Gasteiger partial charge on any atom is -0.481 e. The summed E-state index contributed by atoms with van der Waals surface area (Å²) >= 11 is 0. The maximum atomic E-state index is 12.6. The van der Waals surface area contributed by atoms with Crippen LogP contribution in [0.1, 0.15) is 226 Å². The zero-order valence-corrected chi connectivity index (χ0v) is 28.6. The molecule has 0 aromatic rings. The summed E-state index contributed by atoms with van der Waals surface area (Å²) in [7, 11) is 0. The predicted octanol–water partition coefficient (Wildman–Crippen LogP) is 12.9. The van der Waals surface area contributed by atoms with Gasteiger partial charge in [-0.2, -0.15) is 0 Å². The van der Waals surface area contributed by atoms with Gasteiger partial charge >= 0.3 is 11.9 Å². The van der Waals surface area contributed by atoms with E-state index in [-0.39, 0.29) is 18.5 Å². The van der Waals surface area contributed by atoms with Gasteiger partial charge in [-0.1, -0.05) is 174 Å². The summed E-state index contributed by atoms with van der Waals surface area (Å²) in [5.41, 5.74) is 0. The minimum absolute atomic E-state index is 0.00655. The second-order valence-electron chi connectivity index (χ2n) is 13.1. The van der Waals surface area contributed by atoms with Crippen molar-refractivity contribution in [2.75, 3.05) is 0 Å². The van der Waals surface area contributed by atoms with Gasteiger partial charge in [0.15, 0.2) is 0 Å². The molecule has 0 radical (unpaired) electrons. The van der Waals surface area contributed by atoms with Gasteiger partial charge < -0.3 is 9.84 Å². The molecule has 0 spiro atoms. The van der Waals surface area contributed by atoms with Gasteiger partial charge in [0.05, 0.1) is 0 Å². The zero-order valence-electron chi connectivity index (χ0n) is 28.6. The van der Waals surface area contributed by atoms with E-state index in [9.17, 15) is 9.59 Å². The van der Waals surface area contributed by atoms with Crippen LogP contribution in [0.4, 0.5) is 0 Å². The van der Waals surface area contributed by atoms with Crippen LogP contribution in [0.3, 0.4) is 0 Å². The number of unbranched alkanes of at least 4 members (excludes halogenated alkanes) is 26. The molecule has 42 heavy (non-hydrogen) atoms. The van der Waals surface area contributed by atoms with Crippen LogP contribution in [-0.4, -0.2) is 23.1 Å². The van der Waals surface area contributed by atoms with Crippen molar-refractivity contribution in [1.29, 1.82) is 0 Å². The molecule has 0 fully saturated rings. The molecule has 250 valence electrons. The minimum atomic E-state index is -0.697. The lowest BCUT2D eigenvalue weighted by molar-refractivity contribution is -0.150. The number of carboxylic acids is 1. The second-order valence-corrected chi connectivity index (χ2v) is 13.1. The first kappa shape index (κ1) is 40.9. The van der Waals surface area contributed by atoms with Crippen LogP contribution in [0.15, 0.2) is 0 Å². The number of aliphatic carboxylic acids is 1. The van der Waals surface area contributed by atoms with E-state index in [1.165, 1.54) is 135 Å². The first-order valence-electron chi connectivity index (χ1n) is 19.0. The maximum Gasteiger partial charge on any atom is 0.306 e. The van der Waals surface area contributed by atoms with Crippen LogP contribution in [0, 0.1) is 0 Å². The Balaban J connectivity index is 4.01. The van der Waals surface area contributed by atoms with Crippen LogP contribution in [0.25, 0.3) is 0 Å². The average Bonchev–Trinajstić information content (AvgIpc) is 2.97. The van der Waals surface area contributed by atoms with E-state index in [1.54, 1.807) is 0 Å². The Kier molecular flexibility index (Phi) is 33.6. The molecule has 4 heteroatoms. The number of rotatable bonds is 35. The van der Waals surface area contributed by atoms with Crippen molar-refractivity contribution < 1.29 is 19.4 Å². The fourth-order valence-electron chi connectivity index (χ4n) is 6.01. The van der Waals surface area contributed by atoms with Crippen molar-refractivity contribution in [1.82, 2.24) is 0 Å². The lowest BCUT2D eigenvalue weighted by Gasteiger charge is -2.18. The van der Waals surface area contributed by atoms with E-state index in [4.69, 9.17) is 9.84 Å². The molecule has 0 aromatic heterocycles. The monoisotopic (exact) mass is 595 g/mol. The molecule has 0 aliphatic carbocycles. The fourth-order valence-corrected chi connectivity index (χ4v) is 6.01. The van der Waals surface area contributed by atoms with Gasteiger partial charge in [0, 0.05) is 12.8 Å². The molecule has 1 N–H and O–H groups in total. The molecule has 0 heterocycles. The molecule has 1 unspecified atom stereocenters. The zero-order chi connectivity index (χ0) is 30.8. The quantitative estimate of drug-likeness (QED) is 0.0585. The Morgan fingerprint density at radius 1 is 0.429 bits per heavy atom. The lowest BCUT2D eigenvalue weighted by atomic mass is 10.0. The molecule has 0 amide bonds. The average molecular weight is 595 g/mol.